The molecule has 124 valence electrons. The van der Waals surface area contributed by atoms with Crippen molar-refractivity contribution in [3.8, 4) is 5.75 Å². The van der Waals surface area contributed by atoms with Crippen molar-refractivity contribution in [2.45, 2.75) is 31.3 Å². The third-order valence-corrected chi connectivity index (χ3v) is 3.50. The van der Waals surface area contributed by atoms with Gasteiger partial charge in [0.1, 0.15) is 18.0 Å². The van der Waals surface area contributed by atoms with Crippen LogP contribution in [0.1, 0.15) is 18.4 Å². The van der Waals surface area contributed by atoms with Gasteiger partial charge >= 0.3 is 6.18 Å². The van der Waals surface area contributed by atoms with Gasteiger partial charge in [-0.25, -0.2) is 0 Å². The van der Waals surface area contributed by atoms with Gasteiger partial charge in [0, 0.05) is 13.1 Å². The highest BCUT2D eigenvalue weighted by Gasteiger charge is 2.31. The van der Waals surface area contributed by atoms with Gasteiger partial charge in [0.2, 0.25) is 0 Å². The summed E-state index contributed by atoms with van der Waals surface area (Å²) in [5.41, 5.74) is 4.88. The van der Waals surface area contributed by atoms with E-state index in [9.17, 15) is 18.0 Å². The zero-order valence-electron chi connectivity index (χ0n) is 11.8. The van der Waals surface area contributed by atoms with E-state index in [-0.39, 0.29) is 24.3 Å². The first-order valence-electron chi connectivity index (χ1n) is 6.69. The summed E-state index contributed by atoms with van der Waals surface area (Å²) >= 11 is 0. The van der Waals surface area contributed by atoms with Gasteiger partial charge in [0.25, 0.3) is 0 Å². The van der Waals surface area contributed by atoms with Gasteiger partial charge in [0.15, 0.2) is 6.29 Å². The Morgan fingerprint density at radius 1 is 1.32 bits per heavy atom. The molecule has 0 aromatic heterocycles. The predicted octanol–water partition coefficient (Wildman–Crippen LogP) is 2.45. The van der Waals surface area contributed by atoms with Gasteiger partial charge < -0.3 is 15.3 Å². The topological polar surface area (TPSA) is 55.6 Å². The van der Waals surface area contributed by atoms with Gasteiger partial charge in [-0.2, -0.15) is 13.2 Å². The predicted molar refractivity (Wildman–Crippen MR) is 78.0 cm³/mol. The molecule has 0 bridgehead atoms. The zero-order valence-corrected chi connectivity index (χ0v) is 12.6. The molecule has 0 amide bonds. The number of nitrogens with two attached hydrogens (primary N) is 1. The number of piperidine rings is 1. The molecular formula is C14H18ClF3N2O2. The first-order valence-corrected chi connectivity index (χ1v) is 6.69. The lowest BCUT2D eigenvalue weighted by Gasteiger charge is -2.33. The molecule has 1 saturated heterocycles. The molecule has 4 nitrogen and oxygen atoms in total. The van der Waals surface area contributed by atoms with Gasteiger partial charge in [-0.1, -0.05) is 6.07 Å². The lowest BCUT2D eigenvalue weighted by atomic mass is 10.1. The summed E-state index contributed by atoms with van der Waals surface area (Å²) in [5, 5.41) is 0. The average Bonchev–Trinajstić information content (AvgIpc) is 2.47. The molecule has 0 radical (unpaired) electrons. The first-order chi connectivity index (χ1) is 9.90. The smallest absolute Gasteiger partial charge is 0.416 e. The van der Waals surface area contributed by atoms with E-state index in [0.717, 1.165) is 12.1 Å². The number of benzene rings is 1. The minimum absolute atomic E-state index is 0. The molecule has 2 rings (SSSR count). The molecule has 1 atom stereocenters. The monoisotopic (exact) mass is 338 g/mol. The van der Waals surface area contributed by atoms with Crippen molar-refractivity contribution in [2.24, 2.45) is 5.73 Å². The Balaban J connectivity index is 0.00000242. The van der Waals surface area contributed by atoms with Crippen LogP contribution in [0.15, 0.2) is 24.3 Å². The SMILES string of the molecule is Cl.NC(C=O)N1CCC(Oc2cccc(C(F)(F)F)c2)CC1. The number of ether oxygens (including phenoxy) is 1. The summed E-state index contributed by atoms with van der Waals surface area (Å²) in [6.45, 7) is 1.17. The van der Waals surface area contributed by atoms with Gasteiger partial charge in [-0.05, 0) is 31.0 Å². The summed E-state index contributed by atoms with van der Waals surface area (Å²) in [6.07, 6.45) is -3.24. The Kier molecular flexibility index (Phi) is 6.65. The van der Waals surface area contributed by atoms with Crippen LogP contribution in [0.2, 0.25) is 0 Å². The van der Waals surface area contributed by atoms with Crippen molar-refractivity contribution in [3.05, 3.63) is 29.8 Å². The highest BCUT2D eigenvalue weighted by Crippen LogP contribution is 2.32. The van der Waals surface area contributed by atoms with E-state index < -0.39 is 17.9 Å². The molecule has 1 fully saturated rings. The Hall–Kier alpha value is -1.31. The second-order valence-electron chi connectivity index (χ2n) is 5.01. The molecule has 1 aliphatic rings. The molecule has 1 aromatic rings. The normalized spacial score (nSPS) is 18.4. The van der Waals surface area contributed by atoms with E-state index in [1.807, 2.05) is 4.90 Å². The van der Waals surface area contributed by atoms with E-state index in [0.29, 0.717) is 32.2 Å². The highest BCUT2D eigenvalue weighted by atomic mass is 35.5. The average molecular weight is 339 g/mol. The number of hydrogen-bond donors (Lipinski definition) is 1. The molecule has 2 N–H and O–H groups in total. The van der Waals surface area contributed by atoms with Crippen molar-refractivity contribution < 1.29 is 22.7 Å². The maximum absolute atomic E-state index is 12.6. The largest absolute Gasteiger partial charge is 0.490 e. The number of likely N-dealkylation sites (tertiary alicyclic amines) is 1. The van der Waals surface area contributed by atoms with Crippen molar-refractivity contribution >= 4 is 18.7 Å². The molecule has 1 aliphatic heterocycles. The number of rotatable bonds is 4. The molecule has 22 heavy (non-hydrogen) atoms. The van der Waals surface area contributed by atoms with E-state index in [1.165, 1.54) is 12.1 Å². The lowest BCUT2D eigenvalue weighted by Crippen LogP contribution is -2.49. The van der Waals surface area contributed by atoms with Gasteiger partial charge in [-0.15, -0.1) is 12.4 Å². The number of halogens is 4. The minimum atomic E-state index is -4.38. The molecule has 0 aliphatic carbocycles. The number of carbonyl (C=O) groups excluding carboxylic acids is 1. The summed E-state index contributed by atoms with van der Waals surface area (Å²) in [4.78, 5) is 12.4. The summed E-state index contributed by atoms with van der Waals surface area (Å²) in [7, 11) is 0. The fourth-order valence-corrected chi connectivity index (χ4v) is 2.32. The van der Waals surface area contributed by atoms with Crippen molar-refractivity contribution in [1.29, 1.82) is 0 Å². The third-order valence-electron chi connectivity index (χ3n) is 3.50. The van der Waals surface area contributed by atoms with Crippen molar-refractivity contribution in [1.82, 2.24) is 4.90 Å². The maximum Gasteiger partial charge on any atom is 0.416 e. The molecule has 1 heterocycles. The summed E-state index contributed by atoms with van der Waals surface area (Å²) in [6, 6.07) is 4.86. The lowest BCUT2D eigenvalue weighted by molar-refractivity contribution is -0.137. The second-order valence-corrected chi connectivity index (χ2v) is 5.01. The molecule has 1 aromatic carbocycles. The fourth-order valence-electron chi connectivity index (χ4n) is 2.32. The van der Waals surface area contributed by atoms with Crippen LogP contribution >= 0.6 is 12.4 Å². The molecule has 0 saturated carbocycles. The Labute approximate surface area is 132 Å². The van der Waals surface area contributed by atoms with Crippen molar-refractivity contribution in [3.63, 3.8) is 0 Å². The van der Waals surface area contributed by atoms with Crippen LogP contribution in [0.25, 0.3) is 0 Å². The number of hydrogen-bond acceptors (Lipinski definition) is 4. The molecule has 0 spiro atoms. The Morgan fingerprint density at radius 3 is 2.50 bits per heavy atom. The van der Waals surface area contributed by atoms with Gasteiger partial charge in [-0.3, -0.25) is 4.90 Å². The van der Waals surface area contributed by atoms with Crippen LogP contribution in [-0.4, -0.2) is 36.5 Å². The number of alkyl halides is 3. The fraction of sp³-hybridized carbons (Fsp3) is 0.500. The van der Waals surface area contributed by atoms with Crippen LogP contribution in [-0.2, 0) is 11.0 Å². The summed E-state index contributed by atoms with van der Waals surface area (Å²) < 4.78 is 43.4. The zero-order chi connectivity index (χ0) is 15.5. The number of carbonyl (C=O) groups is 1. The van der Waals surface area contributed by atoms with Crippen LogP contribution < -0.4 is 10.5 Å². The highest BCUT2D eigenvalue weighted by molar-refractivity contribution is 5.85. The van der Waals surface area contributed by atoms with E-state index in [4.69, 9.17) is 10.5 Å². The van der Waals surface area contributed by atoms with Crippen molar-refractivity contribution in [2.75, 3.05) is 13.1 Å². The van der Waals surface area contributed by atoms with Crippen LogP contribution in [0.5, 0.6) is 5.75 Å². The molecular weight excluding hydrogens is 321 g/mol. The number of aldehydes is 1. The Morgan fingerprint density at radius 2 is 1.95 bits per heavy atom. The first kappa shape index (κ1) is 18.7. The standard InChI is InChI=1S/C14H17F3N2O2.ClH/c15-14(16,17)10-2-1-3-12(8-10)21-11-4-6-19(7-5-11)13(18)9-20;/h1-3,8-9,11,13H,4-7,18H2;1H. The minimum Gasteiger partial charge on any atom is -0.490 e. The van der Waals surface area contributed by atoms with Crippen LogP contribution in [0.4, 0.5) is 13.2 Å². The van der Waals surface area contributed by atoms with Crippen LogP contribution in [0.3, 0.4) is 0 Å². The van der Waals surface area contributed by atoms with Crippen LogP contribution in [0, 0.1) is 0 Å². The maximum atomic E-state index is 12.6. The summed E-state index contributed by atoms with van der Waals surface area (Å²) in [5.74, 6) is 0.211. The molecule has 1 unspecified atom stereocenters. The Bertz CT molecular complexity index is 491. The quantitative estimate of drug-likeness (QED) is 0.857. The van der Waals surface area contributed by atoms with E-state index >= 15 is 0 Å². The number of nitrogens with zero attached hydrogens (tertiary/aromatic N) is 1. The molecule has 8 heteroatoms. The second kappa shape index (κ2) is 7.80. The van der Waals surface area contributed by atoms with E-state index in [2.05, 4.69) is 0 Å². The van der Waals surface area contributed by atoms with Gasteiger partial charge in [0.05, 0.1) is 5.56 Å². The van der Waals surface area contributed by atoms with E-state index in [1.54, 1.807) is 0 Å². The third kappa shape index (κ3) is 4.86.